The molecule has 2 aromatic heterocycles. The van der Waals surface area contributed by atoms with E-state index < -0.39 is 5.97 Å². The first-order chi connectivity index (χ1) is 11.1. The van der Waals surface area contributed by atoms with Crippen molar-refractivity contribution in [1.82, 2.24) is 9.97 Å². The Hall–Kier alpha value is -2.15. The molecule has 1 aliphatic carbocycles. The summed E-state index contributed by atoms with van der Waals surface area (Å²) in [5.74, 6) is 1.04. The third-order valence-electron chi connectivity index (χ3n) is 3.76. The largest absolute Gasteiger partial charge is 0.480 e. The van der Waals surface area contributed by atoms with Crippen LogP contribution in [0.3, 0.4) is 0 Å². The molecule has 0 aliphatic heterocycles. The molecule has 0 radical (unpaired) electrons. The van der Waals surface area contributed by atoms with Gasteiger partial charge in [0.1, 0.15) is 16.4 Å². The number of rotatable bonds is 6. The molecule has 0 bridgehead atoms. The first kappa shape index (κ1) is 15.7. The summed E-state index contributed by atoms with van der Waals surface area (Å²) in [6.07, 6.45) is 4.27. The van der Waals surface area contributed by atoms with Crippen LogP contribution in [-0.4, -0.2) is 30.2 Å². The van der Waals surface area contributed by atoms with E-state index in [1.165, 1.54) is 31.9 Å². The molecular weight excluding hydrogens is 314 g/mol. The van der Waals surface area contributed by atoms with Crippen LogP contribution >= 0.6 is 11.3 Å². The number of nitrogens with zero attached hydrogens (tertiary/aromatic N) is 2. The zero-order chi connectivity index (χ0) is 16.4. The number of hydrogen-bond donors (Lipinski definition) is 1. The van der Waals surface area contributed by atoms with Crippen LogP contribution in [0.1, 0.15) is 39.1 Å². The van der Waals surface area contributed by atoms with Crippen LogP contribution in [0.25, 0.3) is 0 Å². The fraction of sp³-hybridized carbons (Fsp3) is 0.438. The van der Waals surface area contributed by atoms with E-state index in [9.17, 15) is 4.79 Å². The standard InChI is InChI=1S/C16H19N3O3S/c1-9-8-17-15(23-9)13(10-4-5-10)18-12-7-6-11(16(20)22-3)14(19-12)21-2/h6-8,10,13H,4-5H2,1-3H3,(H,18,19). The van der Waals surface area contributed by atoms with Gasteiger partial charge in [-0.2, -0.15) is 4.98 Å². The number of nitrogens with one attached hydrogen (secondary N) is 1. The monoisotopic (exact) mass is 333 g/mol. The molecule has 1 N–H and O–H groups in total. The highest BCUT2D eigenvalue weighted by atomic mass is 32.1. The average molecular weight is 333 g/mol. The Morgan fingerprint density at radius 3 is 2.74 bits per heavy atom. The lowest BCUT2D eigenvalue weighted by molar-refractivity contribution is 0.0596. The third kappa shape index (κ3) is 3.44. The van der Waals surface area contributed by atoms with Crippen molar-refractivity contribution in [3.63, 3.8) is 0 Å². The molecule has 0 spiro atoms. The second-order valence-corrected chi connectivity index (χ2v) is 6.78. The Morgan fingerprint density at radius 1 is 1.39 bits per heavy atom. The van der Waals surface area contributed by atoms with Gasteiger partial charge in [0.2, 0.25) is 5.88 Å². The highest BCUT2D eigenvalue weighted by molar-refractivity contribution is 7.11. The van der Waals surface area contributed by atoms with E-state index >= 15 is 0 Å². The normalized spacial score (nSPS) is 15.1. The molecule has 2 aromatic rings. The summed E-state index contributed by atoms with van der Waals surface area (Å²) in [6, 6.07) is 3.58. The smallest absolute Gasteiger partial charge is 0.343 e. The summed E-state index contributed by atoms with van der Waals surface area (Å²) in [5.41, 5.74) is 0.314. The minimum atomic E-state index is -0.463. The Balaban J connectivity index is 1.84. The molecule has 6 nitrogen and oxygen atoms in total. The van der Waals surface area contributed by atoms with Gasteiger partial charge < -0.3 is 14.8 Å². The lowest BCUT2D eigenvalue weighted by Gasteiger charge is -2.17. The summed E-state index contributed by atoms with van der Waals surface area (Å²) < 4.78 is 9.94. The lowest BCUT2D eigenvalue weighted by atomic mass is 10.2. The van der Waals surface area contributed by atoms with Crippen molar-refractivity contribution in [3.05, 3.63) is 33.8 Å². The number of methoxy groups -OCH3 is 2. The van der Waals surface area contributed by atoms with Crippen LogP contribution in [0.4, 0.5) is 5.82 Å². The molecule has 122 valence electrons. The SMILES string of the molecule is COC(=O)c1ccc(NC(c2ncc(C)s2)C2CC2)nc1OC. The van der Waals surface area contributed by atoms with Gasteiger partial charge in [0, 0.05) is 11.1 Å². The van der Waals surface area contributed by atoms with E-state index in [2.05, 4.69) is 22.2 Å². The zero-order valence-corrected chi connectivity index (χ0v) is 14.1. The number of ether oxygens (including phenoxy) is 2. The summed E-state index contributed by atoms with van der Waals surface area (Å²) in [6.45, 7) is 2.05. The van der Waals surface area contributed by atoms with Crippen LogP contribution < -0.4 is 10.1 Å². The maximum absolute atomic E-state index is 11.7. The Kier molecular flexibility index (Phi) is 4.47. The van der Waals surface area contributed by atoms with Crippen LogP contribution in [0.15, 0.2) is 18.3 Å². The fourth-order valence-electron chi connectivity index (χ4n) is 2.43. The van der Waals surface area contributed by atoms with Crippen molar-refractivity contribution in [2.45, 2.75) is 25.8 Å². The predicted octanol–water partition coefficient (Wildman–Crippen LogP) is 3.20. The van der Waals surface area contributed by atoms with Crippen LogP contribution in [0.5, 0.6) is 5.88 Å². The molecule has 1 atom stereocenters. The molecule has 0 saturated heterocycles. The highest BCUT2D eigenvalue weighted by Crippen LogP contribution is 2.43. The minimum Gasteiger partial charge on any atom is -0.480 e. The van der Waals surface area contributed by atoms with Crippen molar-refractivity contribution < 1.29 is 14.3 Å². The van der Waals surface area contributed by atoms with Crippen molar-refractivity contribution in [2.75, 3.05) is 19.5 Å². The van der Waals surface area contributed by atoms with Gasteiger partial charge in [-0.3, -0.25) is 0 Å². The van der Waals surface area contributed by atoms with Crippen molar-refractivity contribution in [2.24, 2.45) is 5.92 Å². The number of carbonyl (C=O) groups excluding carboxylic acids is 1. The fourth-order valence-corrected chi connectivity index (χ4v) is 3.35. The predicted molar refractivity (Wildman–Crippen MR) is 88.1 cm³/mol. The zero-order valence-electron chi connectivity index (χ0n) is 13.3. The Morgan fingerprint density at radius 2 is 2.17 bits per heavy atom. The number of aryl methyl sites for hydroxylation is 1. The van der Waals surface area contributed by atoms with Gasteiger partial charge >= 0.3 is 5.97 Å². The van der Waals surface area contributed by atoms with E-state index in [1.807, 2.05) is 6.20 Å². The van der Waals surface area contributed by atoms with Gasteiger partial charge in [-0.05, 0) is 37.8 Å². The first-order valence-electron chi connectivity index (χ1n) is 7.44. The molecule has 23 heavy (non-hydrogen) atoms. The summed E-state index contributed by atoms with van der Waals surface area (Å²) in [4.78, 5) is 21.8. The van der Waals surface area contributed by atoms with Crippen molar-refractivity contribution in [1.29, 1.82) is 0 Å². The molecule has 1 unspecified atom stereocenters. The second-order valence-electron chi connectivity index (χ2n) is 5.51. The molecule has 7 heteroatoms. The maximum atomic E-state index is 11.7. The molecule has 1 fully saturated rings. The lowest BCUT2D eigenvalue weighted by Crippen LogP contribution is -2.14. The number of hydrogen-bond acceptors (Lipinski definition) is 7. The summed E-state index contributed by atoms with van der Waals surface area (Å²) >= 11 is 1.70. The topological polar surface area (TPSA) is 73.3 Å². The van der Waals surface area contributed by atoms with Gasteiger partial charge in [0.15, 0.2) is 0 Å². The van der Waals surface area contributed by atoms with E-state index in [0.29, 0.717) is 17.3 Å². The van der Waals surface area contributed by atoms with Crippen LogP contribution in [0, 0.1) is 12.8 Å². The molecular formula is C16H19N3O3S. The van der Waals surface area contributed by atoms with E-state index in [1.54, 1.807) is 23.5 Å². The Labute approximate surface area is 138 Å². The van der Waals surface area contributed by atoms with Gasteiger partial charge in [-0.25, -0.2) is 9.78 Å². The molecule has 1 saturated carbocycles. The van der Waals surface area contributed by atoms with Crippen molar-refractivity contribution in [3.8, 4) is 5.88 Å². The summed E-state index contributed by atoms with van der Waals surface area (Å²) in [7, 11) is 2.82. The summed E-state index contributed by atoms with van der Waals surface area (Å²) in [5, 5.41) is 4.51. The van der Waals surface area contributed by atoms with Crippen LogP contribution in [-0.2, 0) is 4.74 Å². The highest BCUT2D eigenvalue weighted by Gasteiger charge is 2.34. The molecule has 0 amide bonds. The minimum absolute atomic E-state index is 0.148. The maximum Gasteiger partial charge on any atom is 0.343 e. The quantitative estimate of drug-likeness (QED) is 0.818. The average Bonchev–Trinajstić information content (AvgIpc) is 3.32. The number of carbonyl (C=O) groups is 1. The van der Waals surface area contributed by atoms with Gasteiger partial charge in [0.25, 0.3) is 0 Å². The number of thiazole rings is 1. The molecule has 0 aromatic carbocycles. The number of esters is 1. The van der Waals surface area contributed by atoms with Crippen LogP contribution in [0.2, 0.25) is 0 Å². The van der Waals surface area contributed by atoms with E-state index in [-0.39, 0.29) is 11.9 Å². The number of pyridine rings is 1. The van der Waals surface area contributed by atoms with Gasteiger partial charge in [0.05, 0.1) is 20.3 Å². The molecule has 1 aliphatic rings. The second kappa shape index (κ2) is 6.54. The van der Waals surface area contributed by atoms with Gasteiger partial charge in [-0.15, -0.1) is 11.3 Å². The number of anilines is 1. The van der Waals surface area contributed by atoms with E-state index in [4.69, 9.17) is 9.47 Å². The van der Waals surface area contributed by atoms with E-state index in [0.717, 1.165) is 5.01 Å². The third-order valence-corrected chi connectivity index (χ3v) is 4.76. The first-order valence-corrected chi connectivity index (χ1v) is 8.26. The van der Waals surface area contributed by atoms with Crippen molar-refractivity contribution >= 4 is 23.1 Å². The van der Waals surface area contributed by atoms with Gasteiger partial charge in [-0.1, -0.05) is 0 Å². The molecule has 3 rings (SSSR count). The number of aromatic nitrogens is 2. The Bertz CT molecular complexity index is 712. The molecule has 2 heterocycles.